The van der Waals surface area contributed by atoms with E-state index in [1.165, 1.54) is 0 Å². The third kappa shape index (κ3) is 2.78. The van der Waals surface area contributed by atoms with Gasteiger partial charge in [0.2, 0.25) is 0 Å². The minimum atomic E-state index is -0.246. The summed E-state index contributed by atoms with van der Waals surface area (Å²) in [6, 6.07) is 2.35. The first kappa shape index (κ1) is 12.4. The van der Waals surface area contributed by atoms with E-state index in [0.29, 0.717) is 19.7 Å². The highest BCUT2D eigenvalue weighted by Gasteiger charge is 2.34. The summed E-state index contributed by atoms with van der Waals surface area (Å²) in [5.74, 6) is 0.129. The first-order chi connectivity index (χ1) is 8.14. The number of hydrogen-bond acceptors (Lipinski definition) is 3. The smallest absolute Gasteiger partial charge is 0.251 e. The van der Waals surface area contributed by atoms with E-state index in [2.05, 4.69) is 6.07 Å². The summed E-state index contributed by atoms with van der Waals surface area (Å²) < 4.78 is 5.52. The van der Waals surface area contributed by atoms with Crippen molar-refractivity contribution in [1.29, 1.82) is 5.26 Å². The zero-order chi connectivity index (χ0) is 12.3. The van der Waals surface area contributed by atoms with Crippen molar-refractivity contribution in [3.05, 3.63) is 0 Å². The van der Waals surface area contributed by atoms with Gasteiger partial charge in [-0.05, 0) is 39.0 Å². The molecule has 17 heavy (non-hydrogen) atoms. The molecule has 0 saturated carbocycles. The maximum Gasteiger partial charge on any atom is 0.251 e. The molecule has 2 aliphatic heterocycles. The molecule has 0 aromatic carbocycles. The fourth-order valence-corrected chi connectivity index (χ4v) is 2.47. The molecule has 0 aliphatic carbocycles. The lowest BCUT2D eigenvalue weighted by molar-refractivity contribution is -0.148. The highest BCUT2D eigenvalue weighted by atomic mass is 16.5. The van der Waals surface area contributed by atoms with Gasteiger partial charge >= 0.3 is 0 Å². The van der Waals surface area contributed by atoms with Crippen LogP contribution < -0.4 is 0 Å². The fourth-order valence-electron chi connectivity index (χ4n) is 2.47. The van der Waals surface area contributed by atoms with Crippen LogP contribution in [-0.4, -0.2) is 36.6 Å². The number of carbonyl (C=O) groups is 1. The van der Waals surface area contributed by atoms with Crippen LogP contribution in [0.4, 0.5) is 0 Å². The van der Waals surface area contributed by atoms with Crippen molar-refractivity contribution < 1.29 is 9.53 Å². The van der Waals surface area contributed by atoms with Gasteiger partial charge in [0.15, 0.2) is 0 Å². The Hall–Kier alpha value is -1.08. The molecule has 1 atom stereocenters. The van der Waals surface area contributed by atoms with E-state index >= 15 is 0 Å². The van der Waals surface area contributed by atoms with Crippen molar-refractivity contribution in [2.75, 3.05) is 19.7 Å². The quantitative estimate of drug-likeness (QED) is 0.696. The zero-order valence-corrected chi connectivity index (χ0v) is 10.4. The summed E-state index contributed by atoms with van der Waals surface area (Å²) in [4.78, 5) is 14.0. The molecule has 2 aliphatic rings. The average molecular weight is 236 g/mol. The molecular weight excluding hydrogens is 216 g/mol. The van der Waals surface area contributed by atoms with E-state index in [-0.39, 0.29) is 17.4 Å². The number of ether oxygens (including phenoxy) is 1. The molecule has 0 aromatic heterocycles. The number of rotatable bonds is 1. The Morgan fingerprint density at radius 1 is 1.41 bits per heavy atom. The molecule has 1 amide bonds. The van der Waals surface area contributed by atoms with Gasteiger partial charge in [-0.25, -0.2) is 0 Å². The van der Waals surface area contributed by atoms with E-state index in [1.54, 1.807) is 0 Å². The Balaban J connectivity index is 1.88. The van der Waals surface area contributed by atoms with Crippen LogP contribution in [0.1, 0.15) is 39.0 Å². The van der Waals surface area contributed by atoms with E-state index in [1.807, 2.05) is 11.8 Å². The first-order valence-electron chi connectivity index (χ1n) is 6.46. The predicted molar refractivity (Wildman–Crippen MR) is 63.1 cm³/mol. The molecule has 0 aromatic rings. The summed E-state index contributed by atoms with van der Waals surface area (Å²) in [6.45, 7) is 4.08. The van der Waals surface area contributed by atoms with Crippen LogP contribution in [0.3, 0.4) is 0 Å². The van der Waals surface area contributed by atoms with Gasteiger partial charge in [0.25, 0.3) is 5.91 Å². The van der Waals surface area contributed by atoms with Gasteiger partial charge in [-0.3, -0.25) is 4.79 Å². The first-order valence-corrected chi connectivity index (χ1v) is 6.46. The Kier molecular flexibility index (Phi) is 3.68. The molecule has 4 heteroatoms. The van der Waals surface area contributed by atoms with Crippen LogP contribution in [-0.2, 0) is 9.53 Å². The predicted octanol–water partition coefficient (Wildman–Crippen LogP) is 1.71. The third-order valence-electron chi connectivity index (χ3n) is 3.90. The lowest BCUT2D eigenvalue weighted by Crippen LogP contribution is -2.47. The minimum absolute atomic E-state index is 0.129. The Bertz CT molecular complexity index is 321. The maximum atomic E-state index is 12.2. The van der Waals surface area contributed by atoms with Crippen LogP contribution in [0.15, 0.2) is 0 Å². The zero-order valence-electron chi connectivity index (χ0n) is 10.4. The molecule has 2 fully saturated rings. The standard InChI is InChI=1S/C13H20N2O2/c1-13(10-14)5-7-15(8-6-13)12(16)11-4-2-3-9-17-11/h11H,2-9H2,1H3. The summed E-state index contributed by atoms with van der Waals surface area (Å²) in [7, 11) is 0. The molecule has 2 heterocycles. The van der Waals surface area contributed by atoms with Crippen molar-refractivity contribution in [1.82, 2.24) is 4.90 Å². The summed E-state index contributed by atoms with van der Waals surface area (Å²) in [6.07, 6.45) is 4.33. The highest BCUT2D eigenvalue weighted by molar-refractivity contribution is 5.81. The maximum absolute atomic E-state index is 12.2. The van der Waals surface area contributed by atoms with E-state index in [4.69, 9.17) is 10.00 Å². The van der Waals surface area contributed by atoms with Gasteiger partial charge in [-0.2, -0.15) is 5.26 Å². The van der Waals surface area contributed by atoms with Crippen LogP contribution in [0.2, 0.25) is 0 Å². The SMILES string of the molecule is CC1(C#N)CCN(C(=O)C2CCCCO2)CC1. The van der Waals surface area contributed by atoms with Crippen molar-refractivity contribution in [3.8, 4) is 6.07 Å². The number of nitrogens with zero attached hydrogens (tertiary/aromatic N) is 2. The molecule has 0 radical (unpaired) electrons. The van der Waals surface area contributed by atoms with Gasteiger partial charge in [-0.15, -0.1) is 0 Å². The van der Waals surface area contributed by atoms with Gasteiger partial charge in [0.1, 0.15) is 6.10 Å². The van der Waals surface area contributed by atoms with Crippen LogP contribution in [0.5, 0.6) is 0 Å². The average Bonchev–Trinajstić information content (AvgIpc) is 2.40. The van der Waals surface area contributed by atoms with Crippen LogP contribution >= 0.6 is 0 Å². The van der Waals surface area contributed by atoms with Crippen molar-refractivity contribution in [3.63, 3.8) is 0 Å². The molecule has 0 bridgehead atoms. The fraction of sp³-hybridized carbons (Fsp3) is 0.846. The number of nitriles is 1. The monoisotopic (exact) mass is 236 g/mol. The number of piperidine rings is 1. The highest BCUT2D eigenvalue weighted by Crippen LogP contribution is 2.30. The van der Waals surface area contributed by atoms with Gasteiger partial charge in [-0.1, -0.05) is 0 Å². The van der Waals surface area contributed by atoms with Gasteiger partial charge in [0.05, 0.1) is 11.5 Å². The lowest BCUT2D eigenvalue weighted by Gasteiger charge is -2.37. The molecule has 1 unspecified atom stereocenters. The minimum Gasteiger partial charge on any atom is -0.368 e. The second kappa shape index (κ2) is 5.05. The largest absolute Gasteiger partial charge is 0.368 e. The second-order valence-electron chi connectivity index (χ2n) is 5.35. The molecule has 94 valence electrons. The molecule has 0 N–H and O–H groups in total. The molecule has 2 saturated heterocycles. The molecule has 2 rings (SSSR count). The Morgan fingerprint density at radius 2 is 2.12 bits per heavy atom. The van der Waals surface area contributed by atoms with Gasteiger partial charge < -0.3 is 9.64 Å². The van der Waals surface area contributed by atoms with E-state index in [0.717, 1.165) is 32.1 Å². The number of carbonyl (C=O) groups excluding carboxylic acids is 1. The van der Waals surface area contributed by atoms with Crippen LogP contribution in [0, 0.1) is 16.7 Å². The molecule has 4 nitrogen and oxygen atoms in total. The second-order valence-corrected chi connectivity index (χ2v) is 5.35. The van der Waals surface area contributed by atoms with Crippen molar-refractivity contribution in [2.45, 2.75) is 45.1 Å². The molecule has 0 spiro atoms. The number of hydrogen-bond donors (Lipinski definition) is 0. The normalized spacial score (nSPS) is 28.5. The Labute approximate surface area is 103 Å². The van der Waals surface area contributed by atoms with Crippen molar-refractivity contribution in [2.24, 2.45) is 5.41 Å². The molecular formula is C13H20N2O2. The van der Waals surface area contributed by atoms with Crippen molar-refractivity contribution >= 4 is 5.91 Å². The third-order valence-corrected chi connectivity index (χ3v) is 3.90. The summed E-state index contributed by atoms with van der Waals surface area (Å²) >= 11 is 0. The Morgan fingerprint density at radius 3 is 2.65 bits per heavy atom. The van der Waals surface area contributed by atoms with Gasteiger partial charge in [0, 0.05) is 19.7 Å². The topological polar surface area (TPSA) is 53.3 Å². The number of amides is 1. The lowest BCUT2D eigenvalue weighted by atomic mass is 9.82. The number of likely N-dealkylation sites (tertiary alicyclic amines) is 1. The summed E-state index contributed by atoms with van der Waals surface area (Å²) in [5, 5.41) is 9.05. The van der Waals surface area contributed by atoms with Crippen LogP contribution in [0.25, 0.3) is 0 Å². The summed E-state index contributed by atoms with van der Waals surface area (Å²) in [5.41, 5.74) is -0.246. The van der Waals surface area contributed by atoms with E-state index in [9.17, 15) is 4.79 Å². The van der Waals surface area contributed by atoms with E-state index < -0.39 is 0 Å².